The van der Waals surface area contributed by atoms with Gasteiger partial charge in [-0.2, -0.15) is 0 Å². The average molecular weight is 225 g/mol. The van der Waals surface area contributed by atoms with Crippen molar-refractivity contribution in [2.75, 3.05) is 6.54 Å². The lowest BCUT2D eigenvalue weighted by Crippen LogP contribution is -2.28. The van der Waals surface area contributed by atoms with E-state index in [4.69, 9.17) is 0 Å². The number of rotatable bonds is 8. The summed E-state index contributed by atoms with van der Waals surface area (Å²) < 4.78 is 0. The van der Waals surface area contributed by atoms with Gasteiger partial charge in [-0.25, -0.2) is 0 Å². The first-order valence-corrected chi connectivity index (χ1v) is 6.96. The quantitative estimate of drug-likeness (QED) is 0.663. The molecule has 0 aliphatic heterocycles. The van der Waals surface area contributed by atoms with Gasteiger partial charge in [-0.3, -0.25) is 0 Å². The molecule has 0 saturated carbocycles. The van der Waals surface area contributed by atoms with E-state index in [1.54, 1.807) is 0 Å². The molecule has 0 amide bonds. The molecule has 1 rings (SSSR count). The van der Waals surface area contributed by atoms with E-state index < -0.39 is 0 Å². The van der Waals surface area contributed by atoms with Gasteiger partial charge in [0.2, 0.25) is 0 Å². The molecule has 0 radical (unpaired) electrons. The van der Waals surface area contributed by atoms with Crippen LogP contribution >= 0.6 is 11.3 Å². The van der Waals surface area contributed by atoms with Gasteiger partial charge in [-0.05, 0) is 37.8 Å². The van der Waals surface area contributed by atoms with E-state index in [1.165, 1.54) is 43.5 Å². The Hall–Kier alpha value is -0.340. The molecular formula is C13H23NS. The molecule has 2 heteroatoms. The Bertz CT molecular complexity index is 231. The second-order valence-corrected chi connectivity index (χ2v) is 5.23. The van der Waals surface area contributed by atoms with Crippen molar-refractivity contribution in [3.63, 3.8) is 0 Å². The number of hydrogen-bond donors (Lipinski definition) is 1. The highest BCUT2D eigenvalue weighted by Crippen LogP contribution is 2.10. The van der Waals surface area contributed by atoms with Crippen LogP contribution in [0.2, 0.25) is 0 Å². The smallest absolute Gasteiger partial charge is 0.00870 e. The molecule has 0 aliphatic carbocycles. The van der Waals surface area contributed by atoms with Crippen LogP contribution in [0.4, 0.5) is 0 Å². The zero-order valence-electron chi connectivity index (χ0n) is 9.96. The van der Waals surface area contributed by atoms with E-state index >= 15 is 0 Å². The second kappa shape index (κ2) is 7.89. The van der Waals surface area contributed by atoms with Gasteiger partial charge in [0.25, 0.3) is 0 Å². The maximum atomic E-state index is 3.59. The molecule has 1 unspecified atom stereocenters. The van der Waals surface area contributed by atoms with E-state index in [2.05, 4.69) is 36.7 Å². The van der Waals surface area contributed by atoms with Crippen LogP contribution in [0.15, 0.2) is 17.5 Å². The van der Waals surface area contributed by atoms with Crippen molar-refractivity contribution in [1.82, 2.24) is 5.32 Å². The van der Waals surface area contributed by atoms with Crippen molar-refractivity contribution in [1.29, 1.82) is 0 Å². The summed E-state index contributed by atoms with van der Waals surface area (Å²) in [5, 5.41) is 5.74. The summed E-state index contributed by atoms with van der Waals surface area (Å²) in [6, 6.07) is 4.97. The van der Waals surface area contributed by atoms with E-state index in [1.807, 2.05) is 11.3 Å². The molecule has 15 heavy (non-hydrogen) atoms. The molecule has 0 aromatic carbocycles. The number of nitrogens with one attached hydrogen (secondary N) is 1. The fourth-order valence-corrected chi connectivity index (χ4v) is 2.54. The van der Waals surface area contributed by atoms with Crippen LogP contribution in [0, 0.1) is 0 Å². The number of unbranched alkanes of at least 4 members (excludes halogenated alkanes) is 3. The first kappa shape index (κ1) is 12.7. The maximum absolute atomic E-state index is 3.59. The molecule has 86 valence electrons. The Morgan fingerprint density at radius 3 is 2.87 bits per heavy atom. The number of thiophene rings is 1. The van der Waals surface area contributed by atoms with Crippen molar-refractivity contribution in [2.24, 2.45) is 0 Å². The third-order valence-corrected chi connectivity index (χ3v) is 3.51. The Labute approximate surface area is 97.9 Å². The molecule has 1 N–H and O–H groups in total. The van der Waals surface area contributed by atoms with Gasteiger partial charge >= 0.3 is 0 Å². The molecule has 0 spiro atoms. The van der Waals surface area contributed by atoms with E-state index in [0.717, 1.165) is 0 Å². The minimum Gasteiger partial charge on any atom is -0.314 e. The van der Waals surface area contributed by atoms with E-state index in [-0.39, 0.29) is 0 Å². The fourth-order valence-electron chi connectivity index (χ4n) is 1.70. The van der Waals surface area contributed by atoms with Crippen LogP contribution < -0.4 is 5.32 Å². The monoisotopic (exact) mass is 225 g/mol. The van der Waals surface area contributed by atoms with Crippen molar-refractivity contribution in [2.45, 2.75) is 52.0 Å². The zero-order valence-corrected chi connectivity index (χ0v) is 10.8. The molecule has 1 atom stereocenters. The molecule has 1 aromatic rings. The normalized spacial score (nSPS) is 12.9. The highest BCUT2D eigenvalue weighted by molar-refractivity contribution is 7.09. The summed E-state index contributed by atoms with van der Waals surface area (Å²) in [6.45, 7) is 5.71. The van der Waals surface area contributed by atoms with Crippen molar-refractivity contribution in [3.8, 4) is 0 Å². The molecular weight excluding hydrogens is 202 g/mol. The van der Waals surface area contributed by atoms with Gasteiger partial charge in [-0.1, -0.05) is 32.3 Å². The van der Waals surface area contributed by atoms with Crippen LogP contribution in [0.25, 0.3) is 0 Å². The SMILES string of the molecule is CCCCCCNC(C)Cc1cccs1. The molecule has 1 aromatic heterocycles. The number of hydrogen-bond acceptors (Lipinski definition) is 2. The summed E-state index contributed by atoms with van der Waals surface area (Å²) in [7, 11) is 0. The Morgan fingerprint density at radius 1 is 1.33 bits per heavy atom. The third kappa shape index (κ3) is 5.95. The topological polar surface area (TPSA) is 12.0 Å². The predicted octanol–water partition coefficient (Wildman–Crippen LogP) is 3.85. The molecule has 1 heterocycles. The highest BCUT2D eigenvalue weighted by Gasteiger charge is 2.02. The predicted molar refractivity (Wildman–Crippen MR) is 69.6 cm³/mol. The van der Waals surface area contributed by atoms with Gasteiger partial charge in [0.05, 0.1) is 0 Å². The molecule has 0 fully saturated rings. The first-order chi connectivity index (χ1) is 7.33. The lowest BCUT2D eigenvalue weighted by atomic mass is 10.2. The highest BCUT2D eigenvalue weighted by atomic mass is 32.1. The minimum atomic E-state index is 0.616. The van der Waals surface area contributed by atoms with Gasteiger partial charge in [0.1, 0.15) is 0 Å². The minimum absolute atomic E-state index is 0.616. The van der Waals surface area contributed by atoms with Crippen molar-refractivity contribution >= 4 is 11.3 Å². The standard InChI is InChI=1S/C13H23NS/c1-3-4-5-6-9-14-12(2)11-13-8-7-10-15-13/h7-8,10,12,14H,3-6,9,11H2,1-2H3. The third-order valence-electron chi connectivity index (χ3n) is 2.61. The average Bonchev–Trinajstić information content (AvgIpc) is 2.70. The van der Waals surface area contributed by atoms with Gasteiger partial charge < -0.3 is 5.32 Å². The maximum Gasteiger partial charge on any atom is 0.00870 e. The summed E-state index contributed by atoms with van der Waals surface area (Å²) in [5.74, 6) is 0. The molecule has 0 aliphatic rings. The Kier molecular flexibility index (Phi) is 6.69. The van der Waals surface area contributed by atoms with E-state index in [9.17, 15) is 0 Å². The Balaban J connectivity index is 2.01. The summed E-state index contributed by atoms with van der Waals surface area (Å²) in [4.78, 5) is 1.49. The molecule has 0 saturated heterocycles. The van der Waals surface area contributed by atoms with Crippen LogP contribution in [-0.4, -0.2) is 12.6 Å². The van der Waals surface area contributed by atoms with Crippen LogP contribution in [-0.2, 0) is 6.42 Å². The van der Waals surface area contributed by atoms with Gasteiger partial charge in [0.15, 0.2) is 0 Å². The largest absolute Gasteiger partial charge is 0.314 e. The van der Waals surface area contributed by atoms with Crippen LogP contribution in [0.1, 0.15) is 44.4 Å². The lowest BCUT2D eigenvalue weighted by molar-refractivity contribution is 0.520. The van der Waals surface area contributed by atoms with Gasteiger partial charge in [0, 0.05) is 10.9 Å². The Morgan fingerprint density at radius 2 is 2.20 bits per heavy atom. The van der Waals surface area contributed by atoms with Gasteiger partial charge in [-0.15, -0.1) is 11.3 Å². The second-order valence-electron chi connectivity index (χ2n) is 4.20. The fraction of sp³-hybridized carbons (Fsp3) is 0.692. The molecule has 0 bridgehead atoms. The first-order valence-electron chi connectivity index (χ1n) is 6.08. The molecule has 1 nitrogen and oxygen atoms in total. The van der Waals surface area contributed by atoms with Crippen LogP contribution in [0.3, 0.4) is 0 Å². The summed E-state index contributed by atoms with van der Waals surface area (Å²) in [5.41, 5.74) is 0. The van der Waals surface area contributed by atoms with Crippen molar-refractivity contribution < 1.29 is 0 Å². The van der Waals surface area contributed by atoms with E-state index in [0.29, 0.717) is 6.04 Å². The zero-order chi connectivity index (χ0) is 10.9. The van der Waals surface area contributed by atoms with Crippen LogP contribution in [0.5, 0.6) is 0 Å². The summed E-state index contributed by atoms with van der Waals surface area (Å²) in [6.07, 6.45) is 6.56. The summed E-state index contributed by atoms with van der Waals surface area (Å²) >= 11 is 1.86. The lowest BCUT2D eigenvalue weighted by Gasteiger charge is -2.12. The van der Waals surface area contributed by atoms with Crippen molar-refractivity contribution in [3.05, 3.63) is 22.4 Å².